The van der Waals surface area contributed by atoms with Crippen LogP contribution in [0.4, 0.5) is 0 Å². The Morgan fingerprint density at radius 1 is 1.23 bits per heavy atom. The zero-order valence-electron chi connectivity index (χ0n) is 12.3. The van der Waals surface area contributed by atoms with Gasteiger partial charge in [0.15, 0.2) is 0 Å². The number of carboxylic acid groups (broad SMARTS) is 1. The summed E-state index contributed by atoms with van der Waals surface area (Å²) in [5.41, 5.74) is 0.865. The molecule has 116 valence electrons. The second kappa shape index (κ2) is 6.80. The number of hydrogen-bond acceptors (Lipinski definition) is 4. The first-order valence-corrected chi connectivity index (χ1v) is 6.75. The topological polar surface area (TPSA) is 88.8 Å². The summed E-state index contributed by atoms with van der Waals surface area (Å²) in [6.07, 6.45) is 0. The number of carboxylic acids is 1. The lowest BCUT2D eigenvalue weighted by Crippen LogP contribution is -2.27. The second-order valence-corrected chi connectivity index (χ2v) is 4.78. The fourth-order valence-corrected chi connectivity index (χ4v) is 1.96. The SMILES string of the molecule is COc1ccc([C@H](C)C(=O)NCc2ccc(C(=O)O)o2)cc1. The van der Waals surface area contributed by atoms with Crippen molar-refractivity contribution in [1.82, 2.24) is 5.32 Å². The van der Waals surface area contributed by atoms with Crippen molar-refractivity contribution in [3.63, 3.8) is 0 Å². The third-order valence-corrected chi connectivity index (χ3v) is 3.32. The van der Waals surface area contributed by atoms with Crippen LogP contribution in [0.2, 0.25) is 0 Å². The Labute approximate surface area is 127 Å². The Morgan fingerprint density at radius 2 is 1.91 bits per heavy atom. The van der Waals surface area contributed by atoms with Crippen molar-refractivity contribution in [3.05, 3.63) is 53.5 Å². The molecular formula is C16H17NO5. The highest BCUT2D eigenvalue weighted by Crippen LogP contribution is 2.19. The first-order valence-electron chi connectivity index (χ1n) is 6.75. The highest BCUT2D eigenvalue weighted by molar-refractivity contribution is 5.84. The monoisotopic (exact) mass is 303 g/mol. The van der Waals surface area contributed by atoms with Crippen molar-refractivity contribution in [2.75, 3.05) is 7.11 Å². The van der Waals surface area contributed by atoms with Crippen molar-refractivity contribution in [2.24, 2.45) is 0 Å². The van der Waals surface area contributed by atoms with Gasteiger partial charge >= 0.3 is 5.97 Å². The number of nitrogens with one attached hydrogen (secondary N) is 1. The van der Waals surface area contributed by atoms with E-state index in [4.69, 9.17) is 14.3 Å². The molecule has 0 aliphatic heterocycles. The lowest BCUT2D eigenvalue weighted by molar-refractivity contribution is -0.122. The van der Waals surface area contributed by atoms with Crippen molar-refractivity contribution < 1.29 is 23.8 Å². The smallest absolute Gasteiger partial charge is 0.371 e. The van der Waals surface area contributed by atoms with Crippen LogP contribution in [0.5, 0.6) is 5.75 Å². The van der Waals surface area contributed by atoms with Gasteiger partial charge in [-0.3, -0.25) is 4.79 Å². The molecule has 0 aliphatic rings. The quantitative estimate of drug-likeness (QED) is 0.855. The van der Waals surface area contributed by atoms with Gasteiger partial charge in [0.2, 0.25) is 11.7 Å². The van der Waals surface area contributed by atoms with E-state index in [0.29, 0.717) is 5.76 Å². The summed E-state index contributed by atoms with van der Waals surface area (Å²) in [4.78, 5) is 22.8. The molecule has 0 radical (unpaired) electrons. The van der Waals surface area contributed by atoms with Crippen LogP contribution in [0.3, 0.4) is 0 Å². The van der Waals surface area contributed by atoms with Crippen molar-refractivity contribution >= 4 is 11.9 Å². The molecule has 1 amide bonds. The first kappa shape index (κ1) is 15.6. The molecule has 6 nitrogen and oxygen atoms in total. The summed E-state index contributed by atoms with van der Waals surface area (Å²) in [6.45, 7) is 1.94. The van der Waals surface area contributed by atoms with Gasteiger partial charge in [-0.2, -0.15) is 0 Å². The minimum atomic E-state index is -1.14. The van der Waals surface area contributed by atoms with Gasteiger partial charge in [-0.1, -0.05) is 12.1 Å². The normalized spacial score (nSPS) is 11.7. The number of hydrogen-bond donors (Lipinski definition) is 2. The summed E-state index contributed by atoms with van der Waals surface area (Å²) >= 11 is 0. The van der Waals surface area contributed by atoms with E-state index in [1.807, 2.05) is 12.1 Å². The zero-order chi connectivity index (χ0) is 16.1. The molecule has 2 N–H and O–H groups in total. The lowest BCUT2D eigenvalue weighted by atomic mass is 10.0. The number of benzene rings is 1. The summed E-state index contributed by atoms with van der Waals surface area (Å²) in [5.74, 6) is -0.657. The number of ether oxygens (including phenoxy) is 1. The molecule has 1 aromatic heterocycles. The molecule has 0 saturated heterocycles. The second-order valence-electron chi connectivity index (χ2n) is 4.78. The van der Waals surface area contributed by atoms with Crippen molar-refractivity contribution in [3.8, 4) is 5.75 Å². The summed E-state index contributed by atoms with van der Waals surface area (Å²) in [5, 5.41) is 11.5. The van der Waals surface area contributed by atoms with Gasteiger partial charge < -0.3 is 19.6 Å². The molecule has 6 heteroatoms. The third kappa shape index (κ3) is 3.66. The molecule has 22 heavy (non-hydrogen) atoms. The van der Waals surface area contributed by atoms with Crippen LogP contribution < -0.4 is 10.1 Å². The predicted octanol–water partition coefficient (Wildman–Crippen LogP) is 2.41. The third-order valence-electron chi connectivity index (χ3n) is 3.32. The molecule has 1 atom stereocenters. The van der Waals surface area contributed by atoms with Crippen LogP contribution in [0.25, 0.3) is 0 Å². The Hall–Kier alpha value is -2.76. The zero-order valence-corrected chi connectivity index (χ0v) is 12.3. The summed E-state index contributed by atoms with van der Waals surface area (Å²) in [7, 11) is 1.58. The maximum Gasteiger partial charge on any atom is 0.371 e. The van der Waals surface area contributed by atoms with E-state index in [2.05, 4.69) is 5.32 Å². The number of carbonyl (C=O) groups is 2. The van der Waals surface area contributed by atoms with Gasteiger partial charge in [0.05, 0.1) is 19.6 Å². The van der Waals surface area contributed by atoms with E-state index < -0.39 is 5.97 Å². The number of aromatic carboxylic acids is 1. The fourth-order valence-electron chi connectivity index (χ4n) is 1.96. The minimum Gasteiger partial charge on any atom is -0.497 e. The van der Waals surface area contributed by atoms with Gasteiger partial charge in [0.25, 0.3) is 0 Å². The Kier molecular flexibility index (Phi) is 4.83. The largest absolute Gasteiger partial charge is 0.497 e. The van der Waals surface area contributed by atoms with Crippen LogP contribution >= 0.6 is 0 Å². The minimum absolute atomic E-state index is 0.145. The molecule has 1 heterocycles. The van der Waals surface area contributed by atoms with E-state index in [1.165, 1.54) is 12.1 Å². The maximum atomic E-state index is 12.1. The van der Waals surface area contributed by atoms with Crippen LogP contribution in [0.1, 0.15) is 34.7 Å². The Morgan fingerprint density at radius 3 is 2.45 bits per heavy atom. The Bertz CT molecular complexity index is 659. The molecule has 0 aliphatic carbocycles. The molecule has 0 bridgehead atoms. The van der Waals surface area contributed by atoms with Crippen molar-refractivity contribution in [1.29, 1.82) is 0 Å². The average molecular weight is 303 g/mol. The molecule has 2 aromatic rings. The van der Waals surface area contributed by atoms with E-state index in [-0.39, 0.29) is 24.1 Å². The summed E-state index contributed by atoms with van der Waals surface area (Å²) in [6, 6.07) is 10.1. The molecule has 1 aromatic carbocycles. The average Bonchev–Trinajstić information content (AvgIpc) is 3.01. The molecule has 0 spiro atoms. The standard InChI is InChI=1S/C16H17NO5/c1-10(11-3-5-12(21-2)6-4-11)15(18)17-9-13-7-8-14(22-13)16(19)20/h3-8,10H,9H2,1-2H3,(H,17,18)(H,19,20)/t10-/m0/s1. The van der Waals surface area contributed by atoms with E-state index >= 15 is 0 Å². The van der Waals surface area contributed by atoms with Gasteiger partial charge in [-0.25, -0.2) is 4.79 Å². The maximum absolute atomic E-state index is 12.1. The highest BCUT2D eigenvalue weighted by atomic mass is 16.5. The number of amides is 1. The molecular weight excluding hydrogens is 286 g/mol. The van der Waals surface area contributed by atoms with Crippen LogP contribution in [0.15, 0.2) is 40.8 Å². The molecule has 0 saturated carbocycles. The highest BCUT2D eigenvalue weighted by Gasteiger charge is 2.16. The van der Waals surface area contributed by atoms with E-state index in [1.54, 1.807) is 26.2 Å². The number of furan rings is 1. The van der Waals surface area contributed by atoms with Gasteiger partial charge in [-0.15, -0.1) is 0 Å². The van der Waals surface area contributed by atoms with Crippen LogP contribution in [-0.2, 0) is 11.3 Å². The van der Waals surface area contributed by atoms with Gasteiger partial charge in [0.1, 0.15) is 11.5 Å². The van der Waals surface area contributed by atoms with Gasteiger partial charge in [0, 0.05) is 0 Å². The number of carbonyl (C=O) groups excluding carboxylic acids is 1. The molecule has 2 rings (SSSR count). The molecule has 0 unspecified atom stereocenters. The number of methoxy groups -OCH3 is 1. The van der Waals surface area contributed by atoms with Crippen LogP contribution in [-0.4, -0.2) is 24.1 Å². The first-order chi connectivity index (χ1) is 10.5. The summed E-state index contributed by atoms with van der Waals surface area (Å²) < 4.78 is 10.2. The Balaban J connectivity index is 1.94. The van der Waals surface area contributed by atoms with Crippen molar-refractivity contribution in [2.45, 2.75) is 19.4 Å². The van der Waals surface area contributed by atoms with E-state index in [0.717, 1.165) is 11.3 Å². The predicted molar refractivity (Wildman–Crippen MR) is 78.9 cm³/mol. The van der Waals surface area contributed by atoms with E-state index in [9.17, 15) is 9.59 Å². The lowest BCUT2D eigenvalue weighted by Gasteiger charge is -2.12. The number of rotatable bonds is 6. The van der Waals surface area contributed by atoms with Gasteiger partial charge in [-0.05, 0) is 36.8 Å². The van der Waals surface area contributed by atoms with Crippen LogP contribution in [0, 0.1) is 0 Å². The molecule has 0 fully saturated rings. The fraction of sp³-hybridized carbons (Fsp3) is 0.250.